The number of fused-ring (bicyclic) bond motifs is 1. The Bertz CT molecular complexity index is 788. The maximum absolute atomic E-state index is 10.3. The van der Waals surface area contributed by atoms with Gasteiger partial charge in [-0.05, 0) is 30.3 Å². The first kappa shape index (κ1) is 23.7. The number of rotatable bonds is 6. The molecule has 29 heavy (non-hydrogen) atoms. The zero-order chi connectivity index (χ0) is 18.6. The molecule has 1 unspecified atom stereocenters. The second kappa shape index (κ2) is 11.0. The van der Waals surface area contributed by atoms with Gasteiger partial charge in [0.05, 0.1) is 0 Å². The molecule has 0 bridgehead atoms. The first-order valence-corrected chi connectivity index (χ1v) is 9.48. The first-order chi connectivity index (χ1) is 13.2. The Morgan fingerprint density at radius 2 is 1.76 bits per heavy atom. The predicted octanol–water partition coefficient (Wildman–Crippen LogP) is 3.47. The summed E-state index contributed by atoms with van der Waals surface area (Å²) < 4.78 is 16.3. The molecule has 1 atom stereocenters. The quantitative estimate of drug-likeness (QED) is 0.708. The Hall–Kier alpha value is -1.57. The molecule has 2 aromatic rings. The summed E-state index contributed by atoms with van der Waals surface area (Å²) in [6, 6.07) is 13.4. The van der Waals surface area contributed by atoms with Gasteiger partial charge < -0.3 is 24.2 Å². The SMILES string of the molecule is Cl.Cl.OC(COc1ccc2c(c1)OCO2)CN1CCN(c2cccc(Cl)c2)CC1. The van der Waals surface area contributed by atoms with Crippen molar-refractivity contribution >= 4 is 42.1 Å². The number of hydrogen-bond acceptors (Lipinski definition) is 6. The van der Waals surface area contributed by atoms with Gasteiger partial charge >= 0.3 is 0 Å². The van der Waals surface area contributed by atoms with Crippen molar-refractivity contribution in [1.29, 1.82) is 0 Å². The van der Waals surface area contributed by atoms with Crippen LogP contribution in [-0.4, -0.2) is 62.2 Å². The van der Waals surface area contributed by atoms with Crippen LogP contribution in [0.5, 0.6) is 17.2 Å². The summed E-state index contributed by atoms with van der Waals surface area (Å²) in [5, 5.41) is 11.1. The van der Waals surface area contributed by atoms with Crippen LogP contribution >= 0.6 is 36.4 Å². The number of halogens is 3. The Kier molecular flexibility index (Phi) is 8.99. The third-order valence-electron chi connectivity index (χ3n) is 4.80. The van der Waals surface area contributed by atoms with E-state index >= 15 is 0 Å². The van der Waals surface area contributed by atoms with E-state index in [1.54, 1.807) is 6.07 Å². The van der Waals surface area contributed by atoms with Gasteiger partial charge in [0, 0.05) is 49.5 Å². The number of aliphatic hydroxyl groups is 1. The number of hydrogen-bond donors (Lipinski definition) is 1. The van der Waals surface area contributed by atoms with Crippen LogP contribution in [0.3, 0.4) is 0 Å². The fourth-order valence-corrected chi connectivity index (χ4v) is 3.56. The van der Waals surface area contributed by atoms with E-state index in [4.69, 9.17) is 25.8 Å². The van der Waals surface area contributed by atoms with E-state index < -0.39 is 6.10 Å². The highest BCUT2D eigenvalue weighted by molar-refractivity contribution is 6.30. The number of ether oxygens (including phenoxy) is 3. The highest BCUT2D eigenvalue weighted by Gasteiger charge is 2.20. The smallest absolute Gasteiger partial charge is 0.231 e. The van der Waals surface area contributed by atoms with E-state index in [0.717, 1.165) is 42.6 Å². The molecule has 2 aliphatic heterocycles. The van der Waals surface area contributed by atoms with Gasteiger partial charge in [-0.25, -0.2) is 0 Å². The molecular weight excluding hydrogens is 439 g/mol. The van der Waals surface area contributed by atoms with Crippen LogP contribution in [0.15, 0.2) is 42.5 Å². The molecule has 0 amide bonds. The third-order valence-corrected chi connectivity index (χ3v) is 5.04. The van der Waals surface area contributed by atoms with E-state index in [1.807, 2.05) is 30.3 Å². The van der Waals surface area contributed by atoms with E-state index in [-0.39, 0.29) is 38.2 Å². The molecule has 2 aliphatic rings. The largest absolute Gasteiger partial charge is 0.491 e. The summed E-state index contributed by atoms with van der Waals surface area (Å²) in [6.07, 6.45) is -0.548. The summed E-state index contributed by atoms with van der Waals surface area (Å²) in [7, 11) is 0. The van der Waals surface area contributed by atoms with Crippen molar-refractivity contribution in [3.8, 4) is 17.2 Å². The molecule has 0 aromatic heterocycles. The number of benzene rings is 2. The van der Waals surface area contributed by atoms with Crippen LogP contribution in [-0.2, 0) is 0 Å². The molecule has 4 rings (SSSR count). The maximum atomic E-state index is 10.3. The van der Waals surface area contributed by atoms with Crippen molar-refractivity contribution < 1.29 is 19.3 Å². The van der Waals surface area contributed by atoms with Crippen LogP contribution < -0.4 is 19.1 Å². The molecule has 0 radical (unpaired) electrons. The average Bonchev–Trinajstić information content (AvgIpc) is 3.15. The van der Waals surface area contributed by atoms with Gasteiger partial charge in [-0.15, -0.1) is 24.8 Å². The lowest BCUT2D eigenvalue weighted by Gasteiger charge is -2.36. The zero-order valence-electron chi connectivity index (χ0n) is 15.8. The van der Waals surface area contributed by atoms with Gasteiger partial charge in [-0.2, -0.15) is 0 Å². The van der Waals surface area contributed by atoms with Crippen molar-refractivity contribution in [2.75, 3.05) is 51.0 Å². The number of anilines is 1. The molecule has 1 fully saturated rings. The van der Waals surface area contributed by atoms with Gasteiger partial charge in [0.1, 0.15) is 18.5 Å². The Labute approximate surface area is 188 Å². The molecule has 2 aromatic carbocycles. The topological polar surface area (TPSA) is 54.4 Å². The number of nitrogens with zero attached hydrogens (tertiary/aromatic N) is 2. The van der Waals surface area contributed by atoms with Gasteiger partial charge in [-0.3, -0.25) is 4.90 Å². The Morgan fingerprint density at radius 1 is 1.00 bits per heavy atom. The van der Waals surface area contributed by atoms with Crippen molar-refractivity contribution in [2.24, 2.45) is 0 Å². The van der Waals surface area contributed by atoms with Crippen LogP contribution in [0.1, 0.15) is 0 Å². The molecule has 2 heterocycles. The lowest BCUT2D eigenvalue weighted by Crippen LogP contribution is -2.49. The van der Waals surface area contributed by atoms with Crippen LogP contribution in [0.4, 0.5) is 5.69 Å². The van der Waals surface area contributed by atoms with Crippen molar-refractivity contribution in [2.45, 2.75) is 6.10 Å². The Balaban J connectivity index is 0.00000150. The molecule has 9 heteroatoms. The number of aliphatic hydroxyl groups excluding tert-OH is 1. The minimum Gasteiger partial charge on any atom is -0.491 e. The van der Waals surface area contributed by atoms with Crippen LogP contribution in [0, 0.1) is 0 Å². The molecule has 1 saturated heterocycles. The van der Waals surface area contributed by atoms with Crippen molar-refractivity contribution in [3.05, 3.63) is 47.5 Å². The van der Waals surface area contributed by atoms with E-state index in [1.165, 1.54) is 0 Å². The monoisotopic (exact) mass is 462 g/mol. The standard InChI is InChI=1S/C20H23ClN2O4.2ClH/c21-15-2-1-3-16(10-15)23-8-6-22(7-9-23)12-17(24)13-25-18-4-5-19-20(11-18)27-14-26-19;;/h1-5,10-11,17,24H,6-9,12-14H2;2*1H. The zero-order valence-corrected chi connectivity index (χ0v) is 18.2. The van der Waals surface area contributed by atoms with Crippen LogP contribution in [0.2, 0.25) is 5.02 Å². The fourth-order valence-electron chi connectivity index (χ4n) is 3.37. The van der Waals surface area contributed by atoms with Crippen LogP contribution in [0.25, 0.3) is 0 Å². The normalized spacial score (nSPS) is 16.6. The first-order valence-electron chi connectivity index (χ1n) is 9.11. The minimum atomic E-state index is -0.548. The van der Waals surface area contributed by atoms with Gasteiger partial charge in [0.15, 0.2) is 11.5 Å². The summed E-state index contributed by atoms with van der Waals surface area (Å²) in [6.45, 7) is 4.69. The molecule has 1 N–H and O–H groups in total. The molecule has 0 saturated carbocycles. The van der Waals surface area contributed by atoms with Gasteiger partial charge in [-0.1, -0.05) is 17.7 Å². The highest BCUT2D eigenvalue weighted by atomic mass is 35.5. The van der Waals surface area contributed by atoms with Gasteiger partial charge in [0.2, 0.25) is 6.79 Å². The minimum absolute atomic E-state index is 0. The number of piperazine rings is 1. The lowest BCUT2D eigenvalue weighted by molar-refractivity contribution is 0.0662. The molecule has 160 valence electrons. The molecule has 0 aliphatic carbocycles. The third kappa shape index (κ3) is 6.20. The predicted molar refractivity (Wildman–Crippen MR) is 119 cm³/mol. The second-order valence-corrected chi connectivity index (χ2v) is 7.18. The fraction of sp³-hybridized carbons (Fsp3) is 0.400. The van der Waals surface area contributed by atoms with E-state index in [9.17, 15) is 5.11 Å². The summed E-state index contributed by atoms with van der Waals surface area (Å²) in [5.41, 5.74) is 1.15. The Morgan fingerprint density at radius 3 is 2.52 bits per heavy atom. The lowest BCUT2D eigenvalue weighted by atomic mass is 10.2. The second-order valence-electron chi connectivity index (χ2n) is 6.75. The highest BCUT2D eigenvalue weighted by Crippen LogP contribution is 2.35. The molecule has 6 nitrogen and oxygen atoms in total. The maximum Gasteiger partial charge on any atom is 0.231 e. The van der Waals surface area contributed by atoms with Crippen molar-refractivity contribution in [3.63, 3.8) is 0 Å². The van der Waals surface area contributed by atoms with E-state index in [0.29, 0.717) is 18.0 Å². The average molecular weight is 464 g/mol. The number of β-amino-alcohol motifs (C(OH)–C–C–N with tert-alkyl or cyclic N) is 1. The van der Waals surface area contributed by atoms with E-state index in [2.05, 4.69) is 15.9 Å². The summed E-state index contributed by atoms with van der Waals surface area (Å²) in [4.78, 5) is 4.58. The van der Waals surface area contributed by atoms with Crippen molar-refractivity contribution in [1.82, 2.24) is 4.90 Å². The summed E-state index contributed by atoms with van der Waals surface area (Å²) in [5.74, 6) is 2.07. The summed E-state index contributed by atoms with van der Waals surface area (Å²) >= 11 is 6.08. The molecule has 0 spiro atoms. The molecular formula is C20H25Cl3N2O4. The van der Waals surface area contributed by atoms with Gasteiger partial charge in [0.25, 0.3) is 0 Å².